The maximum Gasteiger partial charge on any atom is 0.401 e. The SMILES string of the molecule is CN=C(NCc1ccc(C)cc1OCC1CCOC1)NC1CCN(CC(F)(F)F)C1.I. The third-order valence-electron chi connectivity index (χ3n) is 5.41. The van der Waals surface area contributed by atoms with E-state index in [-0.39, 0.29) is 30.0 Å². The molecule has 0 radical (unpaired) electrons. The number of rotatable bonds is 7. The van der Waals surface area contributed by atoms with Gasteiger partial charge in [-0.05, 0) is 31.4 Å². The van der Waals surface area contributed by atoms with Gasteiger partial charge in [0, 0.05) is 50.8 Å². The first-order valence-corrected chi connectivity index (χ1v) is 10.4. The summed E-state index contributed by atoms with van der Waals surface area (Å²) in [4.78, 5) is 5.64. The number of ether oxygens (including phenoxy) is 2. The van der Waals surface area contributed by atoms with Gasteiger partial charge in [0.05, 0.1) is 19.8 Å². The minimum Gasteiger partial charge on any atom is -0.493 e. The van der Waals surface area contributed by atoms with Gasteiger partial charge in [-0.3, -0.25) is 9.89 Å². The molecule has 0 amide bonds. The van der Waals surface area contributed by atoms with Crippen molar-refractivity contribution in [3.05, 3.63) is 29.3 Å². The number of aryl methyl sites for hydroxylation is 1. The molecule has 1 aromatic carbocycles. The quantitative estimate of drug-likeness (QED) is 0.307. The van der Waals surface area contributed by atoms with E-state index in [1.165, 1.54) is 4.90 Å². The number of guanidine groups is 1. The number of benzene rings is 1. The van der Waals surface area contributed by atoms with Crippen LogP contribution in [0.1, 0.15) is 24.0 Å². The van der Waals surface area contributed by atoms with Gasteiger partial charge in [0.25, 0.3) is 0 Å². The van der Waals surface area contributed by atoms with E-state index in [1.807, 2.05) is 25.1 Å². The Balaban J connectivity index is 0.00000341. The van der Waals surface area contributed by atoms with Crippen LogP contribution in [0.3, 0.4) is 0 Å². The van der Waals surface area contributed by atoms with Crippen LogP contribution in [0.25, 0.3) is 0 Å². The molecule has 2 unspecified atom stereocenters. The molecule has 2 heterocycles. The number of halogens is 4. The highest BCUT2D eigenvalue weighted by Gasteiger charge is 2.34. The van der Waals surface area contributed by atoms with Crippen LogP contribution in [-0.4, -0.2) is 69.6 Å². The number of hydrogen-bond acceptors (Lipinski definition) is 4. The molecule has 6 nitrogen and oxygen atoms in total. The topological polar surface area (TPSA) is 58.1 Å². The van der Waals surface area contributed by atoms with Crippen LogP contribution >= 0.6 is 24.0 Å². The Morgan fingerprint density at radius 1 is 1.32 bits per heavy atom. The van der Waals surface area contributed by atoms with Crippen molar-refractivity contribution in [1.29, 1.82) is 0 Å². The van der Waals surface area contributed by atoms with E-state index in [9.17, 15) is 13.2 Å². The van der Waals surface area contributed by atoms with E-state index >= 15 is 0 Å². The maximum atomic E-state index is 12.6. The van der Waals surface area contributed by atoms with Gasteiger partial charge in [-0.25, -0.2) is 0 Å². The first kappa shape index (κ1) is 26.0. The highest BCUT2D eigenvalue weighted by atomic mass is 127. The molecule has 2 aliphatic rings. The minimum absolute atomic E-state index is 0. The number of nitrogens with zero attached hydrogens (tertiary/aromatic N) is 2. The zero-order valence-electron chi connectivity index (χ0n) is 18.0. The van der Waals surface area contributed by atoms with E-state index in [1.54, 1.807) is 7.05 Å². The first-order valence-electron chi connectivity index (χ1n) is 10.4. The third-order valence-corrected chi connectivity index (χ3v) is 5.41. The Morgan fingerprint density at radius 2 is 2.13 bits per heavy atom. The Labute approximate surface area is 199 Å². The molecule has 2 N–H and O–H groups in total. The van der Waals surface area contributed by atoms with E-state index in [0.29, 0.717) is 44.5 Å². The van der Waals surface area contributed by atoms with Gasteiger partial charge in [0.2, 0.25) is 0 Å². The van der Waals surface area contributed by atoms with Gasteiger partial charge in [-0.2, -0.15) is 13.2 Å². The lowest BCUT2D eigenvalue weighted by atomic mass is 10.1. The van der Waals surface area contributed by atoms with Crippen LogP contribution in [0.2, 0.25) is 0 Å². The summed E-state index contributed by atoms with van der Waals surface area (Å²) < 4.78 is 49.2. The summed E-state index contributed by atoms with van der Waals surface area (Å²) in [5.74, 6) is 1.83. The molecule has 2 atom stereocenters. The fourth-order valence-corrected chi connectivity index (χ4v) is 3.78. The van der Waals surface area contributed by atoms with Crippen molar-refractivity contribution in [2.45, 2.75) is 38.5 Å². The molecule has 0 spiro atoms. The molecule has 3 rings (SSSR count). The van der Waals surface area contributed by atoms with Crippen molar-refractivity contribution in [2.75, 3.05) is 46.5 Å². The second-order valence-electron chi connectivity index (χ2n) is 8.06. The lowest BCUT2D eigenvalue weighted by Gasteiger charge is -2.20. The van der Waals surface area contributed by atoms with Crippen LogP contribution in [0.4, 0.5) is 13.2 Å². The molecule has 176 valence electrons. The highest BCUT2D eigenvalue weighted by molar-refractivity contribution is 14.0. The normalized spacial score (nSPS) is 22.3. The number of alkyl halides is 3. The summed E-state index contributed by atoms with van der Waals surface area (Å²) in [6.45, 7) is 4.60. The van der Waals surface area contributed by atoms with Gasteiger partial charge < -0.3 is 20.1 Å². The molecule has 2 aliphatic heterocycles. The summed E-state index contributed by atoms with van der Waals surface area (Å²) in [6.07, 6.45) is -2.50. The van der Waals surface area contributed by atoms with Crippen LogP contribution in [0.15, 0.2) is 23.2 Å². The second-order valence-corrected chi connectivity index (χ2v) is 8.06. The van der Waals surface area contributed by atoms with E-state index in [2.05, 4.69) is 15.6 Å². The Hall–Kier alpha value is -1.27. The zero-order valence-corrected chi connectivity index (χ0v) is 20.3. The van der Waals surface area contributed by atoms with Crippen LogP contribution in [-0.2, 0) is 11.3 Å². The average molecular weight is 556 g/mol. The van der Waals surface area contributed by atoms with Crippen LogP contribution < -0.4 is 15.4 Å². The van der Waals surface area contributed by atoms with Crippen molar-refractivity contribution >= 4 is 29.9 Å². The van der Waals surface area contributed by atoms with E-state index < -0.39 is 12.7 Å². The Morgan fingerprint density at radius 3 is 2.81 bits per heavy atom. The molecule has 2 saturated heterocycles. The number of aliphatic imine (C=N–C) groups is 1. The largest absolute Gasteiger partial charge is 0.493 e. The predicted octanol–water partition coefficient (Wildman–Crippen LogP) is 3.33. The maximum absolute atomic E-state index is 12.6. The van der Waals surface area contributed by atoms with Crippen LogP contribution in [0, 0.1) is 12.8 Å². The second kappa shape index (κ2) is 12.1. The lowest BCUT2D eigenvalue weighted by Crippen LogP contribution is -2.45. The summed E-state index contributed by atoms with van der Waals surface area (Å²) in [6, 6.07) is 6.02. The fraction of sp³-hybridized carbons (Fsp3) is 0.667. The minimum atomic E-state index is -4.17. The van der Waals surface area contributed by atoms with Crippen molar-refractivity contribution in [1.82, 2.24) is 15.5 Å². The molecule has 0 aliphatic carbocycles. The third kappa shape index (κ3) is 8.64. The van der Waals surface area contributed by atoms with Crippen molar-refractivity contribution in [2.24, 2.45) is 10.9 Å². The van der Waals surface area contributed by atoms with Crippen molar-refractivity contribution in [3.8, 4) is 5.75 Å². The lowest BCUT2D eigenvalue weighted by molar-refractivity contribution is -0.143. The van der Waals surface area contributed by atoms with Crippen LogP contribution in [0.5, 0.6) is 5.75 Å². The summed E-state index contributed by atoms with van der Waals surface area (Å²) >= 11 is 0. The Kier molecular flexibility index (Phi) is 10.1. The number of nitrogens with one attached hydrogen (secondary N) is 2. The molecule has 1 aromatic rings. The van der Waals surface area contributed by atoms with Crippen molar-refractivity contribution in [3.63, 3.8) is 0 Å². The average Bonchev–Trinajstić information content (AvgIpc) is 3.35. The summed E-state index contributed by atoms with van der Waals surface area (Å²) in [7, 11) is 1.66. The number of likely N-dealkylation sites (tertiary alicyclic amines) is 1. The summed E-state index contributed by atoms with van der Waals surface area (Å²) in [5.41, 5.74) is 2.13. The zero-order chi connectivity index (χ0) is 21.6. The predicted molar refractivity (Wildman–Crippen MR) is 125 cm³/mol. The van der Waals surface area contributed by atoms with E-state index in [4.69, 9.17) is 9.47 Å². The Bertz CT molecular complexity index is 727. The smallest absolute Gasteiger partial charge is 0.401 e. The molecular weight excluding hydrogens is 524 g/mol. The monoisotopic (exact) mass is 556 g/mol. The molecular formula is C21H32F3IN4O2. The standard InChI is InChI=1S/C21H31F3N4O2.HI/c1-15-3-4-17(19(9-15)30-13-16-6-8-29-12-16)10-26-20(25-2)27-18-5-7-28(11-18)14-21(22,23)24;/h3-4,9,16,18H,5-8,10-14H2,1-2H3,(H2,25,26,27);1H. The first-order chi connectivity index (χ1) is 14.3. The molecule has 31 heavy (non-hydrogen) atoms. The molecule has 10 heteroatoms. The number of hydrogen-bond donors (Lipinski definition) is 2. The molecule has 0 aromatic heterocycles. The van der Waals surface area contributed by atoms with E-state index in [0.717, 1.165) is 36.5 Å². The fourth-order valence-electron chi connectivity index (χ4n) is 3.78. The van der Waals surface area contributed by atoms with Gasteiger partial charge in [-0.1, -0.05) is 12.1 Å². The van der Waals surface area contributed by atoms with Crippen molar-refractivity contribution < 1.29 is 22.6 Å². The van der Waals surface area contributed by atoms with Gasteiger partial charge in [0.1, 0.15) is 5.75 Å². The molecule has 2 fully saturated rings. The van der Waals surface area contributed by atoms with Gasteiger partial charge >= 0.3 is 6.18 Å². The highest BCUT2D eigenvalue weighted by Crippen LogP contribution is 2.23. The summed E-state index contributed by atoms with van der Waals surface area (Å²) in [5, 5.41) is 6.49. The van der Waals surface area contributed by atoms with Gasteiger partial charge in [0.15, 0.2) is 5.96 Å². The molecule has 0 bridgehead atoms. The molecule has 0 saturated carbocycles. The van der Waals surface area contributed by atoms with Gasteiger partial charge in [-0.15, -0.1) is 24.0 Å².